The summed E-state index contributed by atoms with van der Waals surface area (Å²) in [6.07, 6.45) is 0.118. The topological polar surface area (TPSA) is 178 Å². The summed E-state index contributed by atoms with van der Waals surface area (Å²) >= 11 is 0. The fourth-order valence-electron chi connectivity index (χ4n) is 3.02. The molecular weight excluding hydrogens is 398 g/mol. The second-order valence-corrected chi connectivity index (χ2v) is 6.87. The number of hydrogen-bond donors (Lipinski definition) is 5. The van der Waals surface area contributed by atoms with Crippen LogP contribution < -0.4 is 21.9 Å². The van der Waals surface area contributed by atoms with E-state index in [9.17, 15) is 14.7 Å². The molecule has 0 fully saturated rings. The maximum atomic E-state index is 12.4. The van der Waals surface area contributed by atoms with Crippen LogP contribution in [-0.2, 0) is 11.2 Å². The molecule has 0 aliphatic rings. The highest BCUT2D eigenvalue weighted by molar-refractivity contribution is 5.98. The van der Waals surface area contributed by atoms with Gasteiger partial charge in [0.05, 0.1) is 11.3 Å². The molecule has 0 aromatic heterocycles. The summed E-state index contributed by atoms with van der Waals surface area (Å²) in [5.74, 6) is -2.84. The Labute approximate surface area is 177 Å². The zero-order valence-electron chi connectivity index (χ0n) is 16.4. The quantitative estimate of drug-likeness (QED) is 0.168. The first kappa shape index (κ1) is 21.3. The number of carbonyl (C=O) groups excluding carboxylic acids is 1. The van der Waals surface area contributed by atoms with Crippen LogP contribution in [0.2, 0.25) is 0 Å². The largest absolute Gasteiger partial charge is 0.481 e. The van der Waals surface area contributed by atoms with Gasteiger partial charge in [0, 0.05) is 0 Å². The fourth-order valence-corrected chi connectivity index (χ4v) is 3.02. The van der Waals surface area contributed by atoms with Crippen molar-refractivity contribution in [3.8, 4) is 5.75 Å². The van der Waals surface area contributed by atoms with Crippen molar-refractivity contribution in [1.29, 1.82) is 5.41 Å². The average molecular weight is 419 g/mol. The lowest BCUT2D eigenvalue weighted by atomic mass is 9.96. The van der Waals surface area contributed by atoms with Gasteiger partial charge in [-0.15, -0.1) is 0 Å². The molecule has 0 aliphatic carbocycles. The van der Waals surface area contributed by atoms with Gasteiger partial charge in [-0.1, -0.05) is 24.3 Å². The van der Waals surface area contributed by atoms with Crippen molar-refractivity contribution in [3.63, 3.8) is 0 Å². The normalized spacial score (nSPS) is 11.5. The SMILES string of the molecule is N=C(N)C(Cc1ccc2cc(OC(=O)c3ccc(N=C(N)N)cc3)ccc2c1)C(=O)O. The molecule has 0 spiro atoms. The molecule has 0 saturated heterocycles. The van der Waals surface area contributed by atoms with E-state index in [4.69, 9.17) is 27.3 Å². The number of nitrogens with zero attached hydrogens (tertiary/aromatic N) is 1. The Morgan fingerprint density at radius 2 is 1.61 bits per heavy atom. The smallest absolute Gasteiger partial charge is 0.343 e. The molecule has 0 bridgehead atoms. The molecular formula is C22H21N5O4. The first-order valence-corrected chi connectivity index (χ1v) is 9.24. The second-order valence-electron chi connectivity index (χ2n) is 6.87. The Morgan fingerprint density at radius 1 is 0.968 bits per heavy atom. The third-order valence-electron chi connectivity index (χ3n) is 4.56. The predicted octanol–water partition coefficient (Wildman–Crippen LogP) is 2.14. The molecule has 1 unspecified atom stereocenters. The average Bonchev–Trinajstić information content (AvgIpc) is 2.71. The zero-order valence-corrected chi connectivity index (χ0v) is 16.4. The number of aliphatic imine (C=N–C) groups is 1. The van der Waals surface area contributed by atoms with Crippen LogP contribution in [0.15, 0.2) is 65.7 Å². The number of rotatable bonds is 7. The van der Waals surface area contributed by atoms with Crippen molar-refractivity contribution in [2.75, 3.05) is 0 Å². The van der Waals surface area contributed by atoms with Crippen LogP contribution in [0.5, 0.6) is 5.75 Å². The first-order chi connectivity index (χ1) is 14.7. The number of nitrogens with two attached hydrogens (primary N) is 3. The van der Waals surface area contributed by atoms with Gasteiger partial charge in [-0.3, -0.25) is 10.2 Å². The van der Waals surface area contributed by atoms with E-state index in [1.54, 1.807) is 54.6 Å². The molecule has 3 aromatic rings. The Balaban J connectivity index is 1.75. The molecule has 9 heteroatoms. The number of amidine groups is 1. The highest BCUT2D eigenvalue weighted by Gasteiger charge is 2.21. The van der Waals surface area contributed by atoms with Gasteiger partial charge < -0.3 is 27.0 Å². The summed E-state index contributed by atoms with van der Waals surface area (Å²) in [5.41, 5.74) is 17.6. The predicted molar refractivity (Wildman–Crippen MR) is 118 cm³/mol. The van der Waals surface area contributed by atoms with Gasteiger partial charge in [0.15, 0.2) is 5.96 Å². The molecule has 3 rings (SSSR count). The summed E-state index contributed by atoms with van der Waals surface area (Å²) in [4.78, 5) is 27.5. The second kappa shape index (κ2) is 8.95. The Bertz CT molecular complexity index is 1170. The Kier molecular flexibility index (Phi) is 6.15. The first-order valence-electron chi connectivity index (χ1n) is 9.24. The van der Waals surface area contributed by atoms with Crippen LogP contribution in [0.4, 0.5) is 5.69 Å². The molecule has 158 valence electrons. The highest BCUT2D eigenvalue weighted by Crippen LogP contribution is 2.24. The lowest BCUT2D eigenvalue weighted by molar-refractivity contribution is -0.139. The molecule has 1 atom stereocenters. The molecule has 9 nitrogen and oxygen atoms in total. The Morgan fingerprint density at radius 3 is 2.23 bits per heavy atom. The number of carbonyl (C=O) groups is 2. The number of nitrogens with one attached hydrogen (secondary N) is 1. The summed E-state index contributed by atoms with van der Waals surface area (Å²) in [6, 6.07) is 16.8. The minimum absolute atomic E-state index is 0.0746. The molecule has 0 saturated carbocycles. The number of ether oxygens (including phenoxy) is 1. The van der Waals surface area contributed by atoms with Crippen molar-refractivity contribution < 1.29 is 19.4 Å². The van der Waals surface area contributed by atoms with E-state index in [0.717, 1.165) is 16.3 Å². The number of carboxylic acids is 1. The van der Waals surface area contributed by atoms with E-state index in [0.29, 0.717) is 17.0 Å². The number of esters is 1. The van der Waals surface area contributed by atoms with Crippen molar-refractivity contribution in [2.45, 2.75) is 6.42 Å². The number of carboxylic acid groups (broad SMARTS) is 1. The standard InChI is InChI=1S/C22H21N5O4/c23-19(24)18(20(28)29)10-12-1-2-15-11-17(8-5-14(15)9-12)31-21(30)13-3-6-16(7-4-13)27-22(25)26/h1-9,11,18H,10H2,(H3,23,24)(H,28,29)(H4,25,26,27). The van der Waals surface area contributed by atoms with E-state index >= 15 is 0 Å². The van der Waals surface area contributed by atoms with E-state index in [1.807, 2.05) is 6.07 Å². The van der Waals surface area contributed by atoms with Crippen LogP contribution in [0.3, 0.4) is 0 Å². The van der Waals surface area contributed by atoms with Gasteiger partial charge in [0.25, 0.3) is 0 Å². The minimum Gasteiger partial charge on any atom is -0.481 e. The maximum absolute atomic E-state index is 12.4. The van der Waals surface area contributed by atoms with Gasteiger partial charge in [-0.2, -0.15) is 0 Å². The summed E-state index contributed by atoms with van der Waals surface area (Å²) < 4.78 is 5.44. The van der Waals surface area contributed by atoms with Crippen LogP contribution >= 0.6 is 0 Å². The van der Waals surface area contributed by atoms with Crippen molar-refractivity contribution in [2.24, 2.45) is 28.1 Å². The number of fused-ring (bicyclic) bond motifs is 1. The van der Waals surface area contributed by atoms with Crippen molar-refractivity contribution in [1.82, 2.24) is 0 Å². The molecule has 3 aromatic carbocycles. The van der Waals surface area contributed by atoms with Crippen LogP contribution in [0, 0.1) is 11.3 Å². The van der Waals surface area contributed by atoms with Gasteiger partial charge in [0.1, 0.15) is 17.5 Å². The summed E-state index contributed by atoms with van der Waals surface area (Å²) in [6.45, 7) is 0. The molecule has 8 N–H and O–H groups in total. The van der Waals surface area contributed by atoms with E-state index in [1.165, 1.54) is 0 Å². The zero-order chi connectivity index (χ0) is 22.5. The monoisotopic (exact) mass is 419 g/mol. The van der Waals surface area contributed by atoms with Gasteiger partial charge in [-0.25, -0.2) is 9.79 Å². The van der Waals surface area contributed by atoms with E-state index in [2.05, 4.69) is 4.99 Å². The fraction of sp³-hybridized carbons (Fsp3) is 0.0909. The lowest BCUT2D eigenvalue weighted by Gasteiger charge is -2.11. The number of aliphatic carboxylic acids is 1. The van der Waals surface area contributed by atoms with Crippen LogP contribution in [0.1, 0.15) is 15.9 Å². The van der Waals surface area contributed by atoms with Crippen molar-refractivity contribution in [3.05, 3.63) is 71.8 Å². The summed E-state index contributed by atoms with van der Waals surface area (Å²) in [5, 5.41) is 18.3. The summed E-state index contributed by atoms with van der Waals surface area (Å²) in [7, 11) is 0. The van der Waals surface area contributed by atoms with Crippen LogP contribution in [-0.4, -0.2) is 28.8 Å². The van der Waals surface area contributed by atoms with Gasteiger partial charge >= 0.3 is 11.9 Å². The number of benzene rings is 3. The van der Waals surface area contributed by atoms with E-state index in [-0.39, 0.29) is 18.2 Å². The third-order valence-corrected chi connectivity index (χ3v) is 4.56. The van der Waals surface area contributed by atoms with E-state index < -0.39 is 17.9 Å². The lowest BCUT2D eigenvalue weighted by Crippen LogP contribution is -2.31. The third kappa shape index (κ3) is 5.36. The highest BCUT2D eigenvalue weighted by atomic mass is 16.5. The van der Waals surface area contributed by atoms with Crippen LogP contribution in [0.25, 0.3) is 10.8 Å². The minimum atomic E-state index is -1.14. The molecule has 31 heavy (non-hydrogen) atoms. The van der Waals surface area contributed by atoms with Gasteiger partial charge in [-0.05, 0) is 59.2 Å². The number of hydrogen-bond acceptors (Lipinski definition) is 5. The molecule has 0 heterocycles. The molecule has 0 radical (unpaired) electrons. The number of guanidine groups is 1. The maximum Gasteiger partial charge on any atom is 0.343 e. The molecule has 0 amide bonds. The van der Waals surface area contributed by atoms with Crippen molar-refractivity contribution >= 4 is 40.2 Å². The molecule has 0 aliphatic heterocycles. The Hall–Kier alpha value is -4.40. The van der Waals surface area contributed by atoms with Gasteiger partial charge in [0.2, 0.25) is 0 Å².